The Morgan fingerprint density at radius 1 is 1.14 bits per heavy atom. The van der Waals surface area contributed by atoms with E-state index in [9.17, 15) is 13.2 Å². The molecular weight excluding hydrogens is 372 g/mol. The van der Waals surface area contributed by atoms with Crippen LogP contribution in [-0.2, 0) is 10.0 Å². The van der Waals surface area contributed by atoms with E-state index in [4.69, 9.17) is 0 Å². The first-order valence-electron chi connectivity index (χ1n) is 10.6. The van der Waals surface area contributed by atoms with E-state index in [2.05, 4.69) is 12.2 Å². The van der Waals surface area contributed by atoms with Crippen LogP contribution in [0.3, 0.4) is 0 Å². The van der Waals surface area contributed by atoms with Crippen molar-refractivity contribution in [3.8, 4) is 0 Å². The molecule has 28 heavy (non-hydrogen) atoms. The molecule has 6 heteroatoms. The maximum absolute atomic E-state index is 13.0. The standard InChI is InChI=1S/C22H32N2O3S/c1-4-20(22-12-15-8-16(13-22)10-17(9-15)14-22)23-21(25)18-6-5-7-19(11-18)28(26,27)24(2)3/h5-7,11,15-17,20H,4,8-10,12-14H2,1-3H3,(H,23,25)/t15?,16?,17?,20-,22?/m1/s1. The van der Waals surface area contributed by atoms with E-state index in [1.807, 2.05) is 0 Å². The third-order valence-electron chi connectivity index (χ3n) is 7.41. The summed E-state index contributed by atoms with van der Waals surface area (Å²) in [6.45, 7) is 2.16. The van der Waals surface area contributed by atoms with E-state index < -0.39 is 10.0 Å². The second-order valence-corrected chi connectivity index (χ2v) is 11.7. The summed E-state index contributed by atoms with van der Waals surface area (Å²) in [5, 5.41) is 3.30. The molecule has 4 aliphatic rings. The monoisotopic (exact) mass is 404 g/mol. The molecule has 0 unspecified atom stereocenters. The first-order valence-corrected chi connectivity index (χ1v) is 12.0. The molecule has 0 radical (unpaired) electrons. The normalized spacial score (nSPS) is 32.5. The minimum atomic E-state index is -3.55. The fourth-order valence-electron chi connectivity index (χ4n) is 6.54. The van der Waals surface area contributed by atoms with Crippen LogP contribution in [0.2, 0.25) is 0 Å². The Morgan fingerprint density at radius 3 is 2.21 bits per heavy atom. The molecule has 4 saturated carbocycles. The van der Waals surface area contributed by atoms with Crippen molar-refractivity contribution < 1.29 is 13.2 Å². The average molecular weight is 405 g/mol. The van der Waals surface area contributed by atoms with Gasteiger partial charge in [0.25, 0.3) is 5.91 Å². The highest BCUT2D eigenvalue weighted by Crippen LogP contribution is 2.61. The maximum Gasteiger partial charge on any atom is 0.251 e. The van der Waals surface area contributed by atoms with Gasteiger partial charge in [-0.1, -0.05) is 13.0 Å². The number of sulfonamides is 1. The number of benzene rings is 1. The van der Waals surface area contributed by atoms with Gasteiger partial charge in [0, 0.05) is 25.7 Å². The zero-order chi connectivity index (χ0) is 20.1. The number of hydrogen-bond donors (Lipinski definition) is 1. The lowest BCUT2D eigenvalue weighted by atomic mass is 9.47. The first-order chi connectivity index (χ1) is 13.2. The predicted molar refractivity (Wildman–Crippen MR) is 109 cm³/mol. The predicted octanol–water partition coefficient (Wildman–Crippen LogP) is 3.66. The summed E-state index contributed by atoms with van der Waals surface area (Å²) in [6.07, 6.45) is 8.80. The van der Waals surface area contributed by atoms with Gasteiger partial charge in [-0.05, 0) is 86.3 Å². The van der Waals surface area contributed by atoms with Crippen LogP contribution in [0.4, 0.5) is 0 Å². The van der Waals surface area contributed by atoms with Crippen molar-refractivity contribution in [2.75, 3.05) is 14.1 Å². The number of carbonyl (C=O) groups is 1. The summed E-state index contributed by atoms with van der Waals surface area (Å²) in [6, 6.07) is 6.56. The lowest BCUT2D eigenvalue weighted by molar-refractivity contribution is -0.0727. The zero-order valence-corrected chi connectivity index (χ0v) is 18.0. The molecule has 4 bridgehead atoms. The van der Waals surface area contributed by atoms with Crippen LogP contribution in [0.25, 0.3) is 0 Å². The summed E-state index contributed by atoms with van der Waals surface area (Å²) in [4.78, 5) is 13.2. The van der Waals surface area contributed by atoms with Crippen LogP contribution in [0.15, 0.2) is 29.2 Å². The third kappa shape index (κ3) is 3.39. The Balaban J connectivity index is 1.55. The molecule has 0 spiro atoms. The van der Waals surface area contributed by atoms with Gasteiger partial charge in [-0.3, -0.25) is 4.79 Å². The SMILES string of the molecule is CC[C@@H](NC(=O)c1cccc(S(=O)(=O)N(C)C)c1)C12CC3CC(CC(C3)C1)C2. The van der Waals surface area contributed by atoms with Crippen molar-refractivity contribution in [3.63, 3.8) is 0 Å². The zero-order valence-electron chi connectivity index (χ0n) is 17.1. The van der Waals surface area contributed by atoms with Crippen molar-refractivity contribution in [1.29, 1.82) is 0 Å². The van der Waals surface area contributed by atoms with Gasteiger partial charge in [0.05, 0.1) is 4.90 Å². The summed E-state index contributed by atoms with van der Waals surface area (Å²) in [7, 11) is -0.546. The van der Waals surface area contributed by atoms with E-state index >= 15 is 0 Å². The van der Waals surface area contributed by atoms with Crippen molar-refractivity contribution in [2.24, 2.45) is 23.2 Å². The summed E-state index contributed by atoms with van der Waals surface area (Å²) in [5.41, 5.74) is 0.665. The summed E-state index contributed by atoms with van der Waals surface area (Å²) in [5.74, 6) is 2.36. The molecule has 154 valence electrons. The Bertz CT molecular complexity index is 827. The highest BCUT2D eigenvalue weighted by Gasteiger charge is 2.54. The quantitative estimate of drug-likeness (QED) is 0.787. The van der Waals surface area contributed by atoms with Crippen molar-refractivity contribution in [1.82, 2.24) is 9.62 Å². The van der Waals surface area contributed by atoms with Crippen molar-refractivity contribution in [2.45, 2.75) is 62.8 Å². The van der Waals surface area contributed by atoms with Gasteiger partial charge in [-0.2, -0.15) is 0 Å². The van der Waals surface area contributed by atoms with Crippen LogP contribution in [0, 0.1) is 23.2 Å². The van der Waals surface area contributed by atoms with Crippen molar-refractivity contribution in [3.05, 3.63) is 29.8 Å². The van der Waals surface area contributed by atoms with Crippen LogP contribution < -0.4 is 5.32 Å². The highest BCUT2D eigenvalue weighted by atomic mass is 32.2. The fraction of sp³-hybridized carbons (Fsp3) is 0.682. The number of rotatable bonds is 6. The van der Waals surface area contributed by atoms with E-state index in [0.29, 0.717) is 5.56 Å². The maximum atomic E-state index is 13.0. The molecule has 0 heterocycles. The molecule has 4 aliphatic carbocycles. The number of nitrogens with zero attached hydrogens (tertiary/aromatic N) is 1. The first kappa shape index (κ1) is 19.9. The lowest BCUT2D eigenvalue weighted by Gasteiger charge is -2.59. The topological polar surface area (TPSA) is 66.5 Å². The van der Waals surface area contributed by atoms with E-state index in [-0.39, 0.29) is 22.3 Å². The molecular formula is C22H32N2O3S. The second kappa shape index (κ2) is 7.13. The Kier molecular flexibility index (Phi) is 5.07. The third-order valence-corrected chi connectivity index (χ3v) is 9.22. The van der Waals surface area contributed by atoms with Crippen LogP contribution in [-0.4, -0.2) is 38.8 Å². The minimum absolute atomic E-state index is 0.154. The molecule has 5 rings (SSSR count). The Hall–Kier alpha value is -1.40. The number of hydrogen-bond acceptors (Lipinski definition) is 3. The minimum Gasteiger partial charge on any atom is -0.349 e. The van der Waals surface area contributed by atoms with Gasteiger partial charge in [0.2, 0.25) is 10.0 Å². The van der Waals surface area contributed by atoms with E-state index in [0.717, 1.165) is 24.2 Å². The fourth-order valence-corrected chi connectivity index (χ4v) is 7.49. The average Bonchev–Trinajstić information content (AvgIpc) is 2.64. The van der Waals surface area contributed by atoms with Gasteiger partial charge in [-0.15, -0.1) is 0 Å². The van der Waals surface area contributed by atoms with Gasteiger partial charge in [0.1, 0.15) is 0 Å². The number of carbonyl (C=O) groups excluding carboxylic acids is 1. The van der Waals surface area contributed by atoms with Gasteiger partial charge < -0.3 is 5.32 Å². The molecule has 4 fully saturated rings. The van der Waals surface area contributed by atoms with Gasteiger partial charge in [0.15, 0.2) is 0 Å². The molecule has 0 aliphatic heterocycles. The van der Waals surface area contributed by atoms with E-state index in [1.165, 1.54) is 63.0 Å². The summed E-state index contributed by atoms with van der Waals surface area (Å²) < 4.78 is 26.0. The molecule has 5 nitrogen and oxygen atoms in total. The van der Waals surface area contributed by atoms with Gasteiger partial charge >= 0.3 is 0 Å². The number of amides is 1. The molecule has 1 aromatic rings. The molecule has 1 N–H and O–H groups in total. The largest absolute Gasteiger partial charge is 0.349 e. The second-order valence-electron chi connectivity index (χ2n) is 9.53. The van der Waals surface area contributed by atoms with E-state index in [1.54, 1.807) is 18.2 Å². The highest BCUT2D eigenvalue weighted by molar-refractivity contribution is 7.89. The molecule has 0 aromatic heterocycles. The molecule has 1 aromatic carbocycles. The Morgan fingerprint density at radius 2 is 1.71 bits per heavy atom. The molecule has 0 saturated heterocycles. The molecule has 1 amide bonds. The van der Waals surface area contributed by atoms with Crippen LogP contribution in [0.1, 0.15) is 62.2 Å². The summed E-state index contributed by atoms with van der Waals surface area (Å²) >= 11 is 0. The molecule has 1 atom stereocenters. The Labute approximate surface area is 168 Å². The van der Waals surface area contributed by atoms with Crippen LogP contribution >= 0.6 is 0 Å². The lowest BCUT2D eigenvalue weighted by Crippen LogP contribution is -2.56. The van der Waals surface area contributed by atoms with Crippen LogP contribution in [0.5, 0.6) is 0 Å². The van der Waals surface area contributed by atoms with Crippen molar-refractivity contribution >= 4 is 15.9 Å². The number of nitrogens with one attached hydrogen (secondary N) is 1. The smallest absolute Gasteiger partial charge is 0.251 e. The van der Waals surface area contributed by atoms with Gasteiger partial charge in [-0.25, -0.2) is 12.7 Å².